The van der Waals surface area contributed by atoms with E-state index in [-0.39, 0.29) is 11.5 Å². The Balaban J connectivity index is 1.85. The first kappa shape index (κ1) is 15.6. The Morgan fingerprint density at radius 3 is 2.96 bits per heavy atom. The smallest absolute Gasteiger partial charge is 0.251 e. The number of carbonyl (C=O) groups excluding carboxylic acids is 1. The van der Waals surface area contributed by atoms with Crippen LogP contribution in [0.5, 0.6) is 0 Å². The highest BCUT2D eigenvalue weighted by atomic mass is 32.1. The molecule has 0 bridgehead atoms. The Kier molecular flexibility index (Phi) is 4.35. The summed E-state index contributed by atoms with van der Waals surface area (Å²) in [5.41, 5.74) is 2.25. The number of thiazole rings is 2. The summed E-state index contributed by atoms with van der Waals surface area (Å²) in [6, 6.07) is 3.60. The Labute approximate surface area is 140 Å². The molecule has 0 aliphatic rings. The van der Waals surface area contributed by atoms with Gasteiger partial charge in [0.05, 0.1) is 21.3 Å². The lowest BCUT2D eigenvalue weighted by atomic mass is 10.2. The van der Waals surface area contributed by atoms with E-state index in [9.17, 15) is 9.59 Å². The fraction of sp³-hybridized carbons (Fsp3) is 0.200. The molecule has 2 N–H and O–H groups in total. The first-order valence-corrected chi connectivity index (χ1v) is 8.59. The summed E-state index contributed by atoms with van der Waals surface area (Å²) in [5.74, 6) is -0.146. The fourth-order valence-electron chi connectivity index (χ4n) is 2.09. The second-order valence-corrected chi connectivity index (χ2v) is 6.88. The van der Waals surface area contributed by atoms with Gasteiger partial charge < -0.3 is 10.3 Å². The number of rotatable bonds is 4. The molecule has 23 heavy (non-hydrogen) atoms. The van der Waals surface area contributed by atoms with Gasteiger partial charge in [-0.1, -0.05) is 17.4 Å². The number of carbonyl (C=O) groups is 1. The minimum Gasteiger partial charge on any atom is -0.329 e. The first-order chi connectivity index (χ1) is 11.0. The van der Waals surface area contributed by atoms with Gasteiger partial charge >= 0.3 is 0 Å². The van der Waals surface area contributed by atoms with Crippen molar-refractivity contribution in [3.63, 3.8) is 0 Å². The molecule has 118 valence electrons. The Morgan fingerprint density at radius 1 is 1.39 bits per heavy atom. The largest absolute Gasteiger partial charge is 0.329 e. The topological polar surface area (TPSA) is 87.7 Å². The molecule has 3 aromatic rings. The van der Waals surface area contributed by atoms with Crippen molar-refractivity contribution in [1.82, 2.24) is 15.0 Å². The lowest BCUT2D eigenvalue weighted by Gasteiger charge is -1.96. The van der Waals surface area contributed by atoms with Crippen LogP contribution in [0.4, 0.5) is 5.13 Å². The van der Waals surface area contributed by atoms with Crippen molar-refractivity contribution in [1.29, 1.82) is 0 Å². The first-order valence-electron chi connectivity index (χ1n) is 6.89. The zero-order chi connectivity index (χ0) is 16.4. The SMILES string of the molecule is CC(=O)Nc1nc(C)c(-c2csc(Cc3ccc[nH]c3=O)n2)s1. The van der Waals surface area contributed by atoms with Crippen molar-refractivity contribution >= 4 is 33.7 Å². The van der Waals surface area contributed by atoms with Crippen LogP contribution in [0.3, 0.4) is 0 Å². The van der Waals surface area contributed by atoms with E-state index in [0.717, 1.165) is 21.3 Å². The van der Waals surface area contributed by atoms with E-state index in [0.29, 0.717) is 17.1 Å². The normalized spacial score (nSPS) is 10.7. The number of hydrogen-bond donors (Lipinski definition) is 2. The molecule has 3 aromatic heterocycles. The average molecular weight is 346 g/mol. The zero-order valence-electron chi connectivity index (χ0n) is 12.5. The van der Waals surface area contributed by atoms with Crippen LogP contribution < -0.4 is 10.9 Å². The second-order valence-electron chi connectivity index (χ2n) is 4.94. The van der Waals surface area contributed by atoms with Crippen LogP contribution in [0, 0.1) is 6.92 Å². The minimum absolute atomic E-state index is 0.0915. The summed E-state index contributed by atoms with van der Waals surface area (Å²) in [4.78, 5) is 35.4. The third-order valence-corrected chi connectivity index (χ3v) is 5.05. The van der Waals surface area contributed by atoms with E-state index < -0.39 is 0 Å². The fourth-order valence-corrected chi connectivity index (χ4v) is 3.95. The summed E-state index contributed by atoms with van der Waals surface area (Å²) < 4.78 is 0. The summed E-state index contributed by atoms with van der Waals surface area (Å²) >= 11 is 2.90. The van der Waals surface area contributed by atoms with Gasteiger partial charge in [-0.05, 0) is 13.0 Å². The Bertz CT molecular complexity index is 910. The number of pyridine rings is 1. The third-order valence-electron chi connectivity index (χ3n) is 3.11. The van der Waals surface area contributed by atoms with E-state index in [1.807, 2.05) is 12.3 Å². The van der Waals surface area contributed by atoms with Crippen LogP contribution in [0.1, 0.15) is 23.2 Å². The maximum absolute atomic E-state index is 11.7. The van der Waals surface area contributed by atoms with Gasteiger partial charge in [0.15, 0.2) is 5.13 Å². The highest BCUT2D eigenvalue weighted by Gasteiger charge is 2.14. The van der Waals surface area contributed by atoms with Crippen molar-refractivity contribution in [3.05, 3.63) is 50.3 Å². The zero-order valence-corrected chi connectivity index (χ0v) is 14.2. The number of amides is 1. The van der Waals surface area contributed by atoms with Crippen LogP contribution in [0.2, 0.25) is 0 Å². The van der Waals surface area contributed by atoms with E-state index in [4.69, 9.17) is 0 Å². The number of hydrogen-bond acceptors (Lipinski definition) is 6. The van der Waals surface area contributed by atoms with Crippen molar-refractivity contribution in [2.75, 3.05) is 5.32 Å². The van der Waals surface area contributed by atoms with Crippen LogP contribution >= 0.6 is 22.7 Å². The summed E-state index contributed by atoms with van der Waals surface area (Å²) in [6.45, 7) is 3.34. The minimum atomic E-state index is -0.146. The molecular weight excluding hydrogens is 332 g/mol. The molecule has 0 aliphatic heterocycles. The molecule has 0 atom stereocenters. The molecular formula is C15H14N4O2S2. The average Bonchev–Trinajstić information content (AvgIpc) is 3.07. The summed E-state index contributed by atoms with van der Waals surface area (Å²) in [7, 11) is 0. The number of anilines is 1. The number of aromatic nitrogens is 3. The van der Waals surface area contributed by atoms with Gasteiger partial charge in [0, 0.05) is 30.5 Å². The molecule has 0 spiro atoms. The van der Waals surface area contributed by atoms with Gasteiger partial charge in [0.25, 0.3) is 5.56 Å². The van der Waals surface area contributed by atoms with Crippen LogP contribution in [0.15, 0.2) is 28.5 Å². The number of aromatic amines is 1. The second kappa shape index (κ2) is 6.43. The predicted octanol–water partition coefficient (Wildman–Crippen LogP) is 2.81. The highest BCUT2D eigenvalue weighted by Crippen LogP contribution is 2.33. The van der Waals surface area contributed by atoms with Gasteiger partial charge in [-0.25, -0.2) is 9.97 Å². The van der Waals surface area contributed by atoms with Crippen LogP contribution in [0.25, 0.3) is 10.6 Å². The Hall–Kier alpha value is -2.32. The Morgan fingerprint density at radius 2 is 2.22 bits per heavy atom. The van der Waals surface area contributed by atoms with Gasteiger partial charge in [-0.3, -0.25) is 9.59 Å². The maximum atomic E-state index is 11.7. The highest BCUT2D eigenvalue weighted by molar-refractivity contribution is 7.19. The van der Waals surface area contributed by atoms with Crippen molar-refractivity contribution < 1.29 is 4.79 Å². The molecule has 0 fully saturated rings. The number of nitrogens with one attached hydrogen (secondary N) is 2. The molecule has 0 aromatic carbocycles. The quantitative estimate of drug-likeness (QED) is 0.760. The van der Waals surface area contributed by atoms with Crippen molar-refractivity contribution in [2.24, 2.45) is 0 Å². The van der Waals surface area contributed by atoms with Gasteiger partial charge in [0.1, 0.15) is 0 Å². The van der Waals surface area contributed by atoms with Crippen LogP contribution in [-0.2, 0) is 11.2 Å². The van der Waals surface area contributed by atoms with E-state index in [2.05, 4.69) is 20.3 Å². The van der Waals surface area contributed by atoms with E-state index in [1.165, 1.54) is 29.6 Å². The third kappa shape index (κ3) is 3.54. The van der Waals surface area contributed by atoms with E-state index >= 15 is 0 Å². The summed E-state index contributed by atoms with van der Waals surface area (Å²) in [5, 5.41) is 6.07. The molecule has 0 radical (unpaired) electrons. The number of aryl methyl sites for hydroxylation is 1. The van der Waals surface area contributed by atoms with E-state index in [1.54, 1.807) is 18.3 Å². The molecule has 1 amide bonds. The molecule has 0 saturated heterocycles. The predicted molar refractivity (Wildman–Crippen MR) is 92.1 cm³/mol. The molecule has 3 heterocycles. The molecule has 3 rings (SSSR count). The van der Waals surface area contributed by atoms with Crippen LogP contribution in [-0.4, -0.2) is 20.9 Å². The molecule has 0 saturated carbocycles. The molecule has 6 nitrogen and oxygen atoms in total. The van der Waals surface area contributed by atoms with Crippen molar-refractivity contribution in [3.8, 4) is 10.6 Å². The van der Waals surface area contributed by atoms with Gasteiger partial charge in [-0.15, -0.1) is 11.3 Å². The van der Waals surface area contributed by atoms with Gasteiger partial charge in [0.2, 0.25) is 5.91 Å². The molecule has 0 aliphatic carbocycles. The lowest BCUT2D eigenvalue weighted by molar-refractivity contribution is -0.114. The van der Waals surface area contributed by atoms with Crippen molar-refractivity contribution in [2.45, 2.75) is 20.3 Å². The molecule has 8 heteroatoms. The van der Waals surface area contributed by atoms with Gasteiger partial charge in [-0.2, -0.15) is 0 Å². The number of nitrogens with zero attached hydrogens (tertiary/aromatic N) is 2. The molecule has 0 unspecified atom stereocenters. The maximum Gasteiger partial charge on any atom is 0.251 e. The standard InChI is InChI=1S/C15H14N4O2S2/c1-8-13(23-15(17-8)18-9(2)20)11-7-22-12(19-11)6-10-4-3-5-16-14(10)21/h3-5,7H,6H2,1-2H3,(H,16,21)(H,17,18,20). The monoisotopic (exact) mass is 346 g/mol. The summed E-state index contributed by atoms with van der Waals surface area (Å²) in [6.07, 6.45) is 2.11. The number of H-pyrrole nitrogens is 1. The lowest BCUT2D eigenvalue weighted by Crippen LogP contribution is -2.11.